The first-order chi connectivity index (χ1) is 21.1. The van der Waals surface area contributed by atoms with E-state index in [0.29, 0.717) is 28.8 Å². The van der Waals surface area contributed by atoms with Gasteiger partial charge in [-0.1, -0.05) is 30.3 Å². The van der Waals surface area contributed by atoms with E-state index >= 15 is 0 Å². The number of Topliss-reactive ketones (excluding diaryl/α,β-unsaturated/α-hetero) is 1. The van der Waals surface area contributed by atoms with Crippen LogP contribution in [0.2, 0.25) is 0 Å². The SMILES string of the molecule is CCOP(=O)(COc1ccc2c(c1)c(C(C)=O)cn2CC(=O)N1C[C@H](F)C[C@H]1C(=O)NCCCCc1ccccc1)OCC. The number of carbonyl (C=O) groups is 3. The molecule has 0 bridgehead atoms. The van der Waals surface area contributed by atoms with Crippen molar-refractivity contribution >= 4 is 36.1 Å². The minimum Gasteiger partial charge on any atom is -0.481 e. The maximum Gasteiger partial charge on any atom is 0.367 e. The maximum absolute atomic E-state index is 14.5. The summed E-state index contributed by atoms with van der Waals surface area (Å²) in [5, 5.41) is 3.41. The molecule has 10 nitrogen and oxygen atoms in total. The number of halogens is 1. The monoisotopic (exact) mass is 629 g/mol. The molecule has 0 radical (unpaired) electrons. The molecule has 3 aromatic rings. The van der Waals surface area contributed by atoms with E-state index in [0.717, 1.165) is 19.3 Å². The summed E-state index contributed by atoms with van der Waals surface area (Å²) < 4.78 is 45.2. The molecular weight excluding hydrogens is 588 g/mol. The van der Waals surface area contributed by atoms with Crippen LogP contribution in [0.15, 0.2) is 54.7 Å². The lowest BCUT2D eigenvalue weighted by Gasteiger charge is -2.24. The first kappa shape index (κ1) is 33.4. The van der Waals surface area contributed by atoms with E-state index in [4.69, 9.17) is 13.8 Å². The summed E-state index contributed by atoms with van der Waals surface area (Å²) in [6.45, 7) is 5.33. The third-order valence-corrected chi connectivity index (χ3v) is 9.23. The fourth-order valence-corrected chi connectivity index (χ4v) is 6.73. The smallest absolute Gasteiger partial charge is 0.367 e. The number of likely N-dealkylation sites (tertiary alicyclic amines) is 1. The summed E-state index contributed by atoms with van der Waals surface area (Å²) in [5.74, 6) is -0.652. The fraction of sp³-hybridized carbons (Fsp3) is 0.469. The summed E-state index contributed by atoms with van der Waals surface area (Å²) in [7, 11) is -3.45. The van der Waals surface area contributed by atoms with Gasteiger partial charge in [0.15, 0.2) is 12.1 Å². The van der Waals surface area contributed by atoms with Gasteiger partial charge in [-0.2, -0.15) is 0 Å². The highest BCUT2D eigenvalue weighted by Gasteiger charge is 2.39. The largest absolute Gasteiger partial charge is 0.481 e. The van der Waals surface area contributed by atoms with Crippen LogP contribution in [-0.4, -0.2) is 71.9 Å². The number of alkyl halides is 1. The van der Waals surface area contributed by atoms with Crippen LogP contribution in [0.25, 0.3) is 10.9 Å². The number of rotatable bonds is 16. The number of carbonyl (C=O) groups excluding carboxylic acids is 3. The molecule has 2 atom stereocenters. The molecule has 1 fully saturated rings. The van der Waals surface area contributed by atoms with Gasteiger partial charge in [-0.25, -0.2) is 4.39 Å². The molecular formula is C32H41FN3O7P. The lowest BCUT2D eigenvalue weighted by molar-refractivity contribution is -0.138. The van der Waals surface area contributed by atoms with Gasteiger partial charge in [-0.3, -0.25) is 18.9 Å². The Hall–Kier alpha value is -3.53. The van der Waals surface area contributed by atoms with Crippen LogP contribution >= 0.6 is 7.60 Å². The number of fused-ring (bicyclic) bond motifs is 1. The first-order valence-corrected chi connectivity index (χ1v) is 16.8. The van der Waals surface area contributed by atoms with E-state index in [-0.39, 0.29) is 50.8 Å². The van der Waals surface area contributed by atoms with Crippen molar-refractivity contribution in [2.24, 2.45) is 0 Å². The summed E-state index contributed by atoms with van der Waals surface area (Å²) in [5.41, 5.74) is 2.18. The van der Waals surface area contributed by atoms with Crippen molar-refractivity contribution in [2.45, 2.75) is 65.2 Å². The van der Waals surface area contributed by atoms with Crippen LogP contribution in [0.5, 0.6) is 5.75 Å². The Bertz CT molecular complexity index is 1490. The minimum absolute atomic E-state index is 0.0548. The van der Waals surface area contributed by atoms with Crippen molar-refractivity contribution in [2.75, 3.05) is 32.7 Å². The lowest BCUT2D eigenvalue weighted by Crippen LogP contribution is -2.47. The van der Waals surface area contributed by atoms with Crippen molar-refractivity contribution in [3.8, 4) is 5.75 Å². The Kier molecular flexibility index (Phi) is 11.7. The molecule has 0 saturated carbocycles. The number of ketones is 1. The Morgan fingerprint density at radius 1 is 1.05 bits per heavy atom. The Balaban J connectivity index is 1.41. The molecule has 1 aromatic heterocycles. The van der Waals surface area contributed by atoms with Gasteiger partial charge >= 0.3 is 7.60 Å². The number of ether oxygens (including phenoxy) is 1. The number of hydrogen-bond acceptors (Lipinski definition) is 7. The second kappa shape index (κ2) is 15.5. The van der Waals surface area contributed by atoms with Crippen LogP contribution in [0.4, 0.5) is 4.39 Å². The third kappa shape index (κ3) is 8.55. The van der Waals surface area contributed by atoms with Gasteiger partial charge in [-0.15, -0.1) is 0 Å². The molecule has 0 aliphatic carbocycles. The van der Waals surface area contributed by atoms with E-state index in [9.17, 15) is 23.3 Å². The quantitative estimate of drug-likeness (QED) is 0.126. The van der Waals surface area contributed by atoms with Crippen LogP contribution in [0.1, 0.15) is 56.0 Å². The second-order valence-electron chi connectivity index (χ2n) is 10.8. The number of amides is 2. The number of hydrogen-bond donors (Lipinski definition) is 1. The topological polar surface area (TPSA) is 116 Å². The number of aromatic nitrogens is 1. The van der Waals surface area contributed by atoms with E-state index in [1.807, 2.05) is 18.2 Å². The van der Waals surface area contributed by atoms with Crippen molar-refractivity contribution in [3.63, 3.8) is 0 Å². The predicted molar refractivity (Wildman–Crippen MR) is 166 cm³/mol. The average Bonchev–Trinajstić information content (AvgIpc) is 3.57. The minimum atomic E-state index is -3.45. The van der Waals surface area contributed by atoms with E-state index < -0.39 is 25.7 Å². The van der Waals surface area contributed by atoms with Gasteiger partial charge in [0.25, 0.3) is 0 Å². The van der Waals surface area contributed by atoms with E-state index in [1.165, 1.54) is 17.4 Å². The van der Waals surface area contributed by atoms with Gasteiger partial charge in [-0.05, 0) is 63.8 Å². The predicted octanol–water partition coefficient (Wildman–Crippen LogP) is 5.52. The molecule has 238 valence electrons. The highest BCUT2D eigenvalue weighted by molar-refractivity contribution is 7.53. The highest BCUT2D eigenvalue weighted by atomic mass is 31.2. The number of nitrogens with zero attached hydrogens (tertiary/aromatic N) is 2. The summed E-state index contributed by atoms with van der Waals surface area (Å²) >= 11 is 0. The van der Waals surface area contributed by atoms with E-state index in [1.54, 1.807) is 42.8 Å². The van der Waals surface area contributed by atoms with Crippen molar-refractivity contribution in [1.29, 1.82) is 0 Å². The molecule has 2 heterocycles. The molecule has 2 amide bonds. The van der Waals surface area contributed by atoms with Crippen molar-refractivity contribution in [3.05, 3.63) is 65.9 Å². The third-order valence-electron chi connectivity index (χ3n) is 7.49. The molecule has 1 N–H and O–H groups in total. The zero-order chi connectivity index (χ0) is 31.7. The Labute approximate surface area is 257 Å². The average molecular weight is 630 g/mol. The lowest BCUT2D eigenvalue weighted by atomic mass is 10.1. The molecule has 12 heteroatoms. The molecule has 1 aliphatic rings. The van der Waals surface area contributed by atoms with Gasteiger partial charge in [0.2, 0.25) is 11.8 Å². The summed E-state index contributed by atoms with van der Waals surface area (Å²) in [4.78, 5) is 40.2. The van der Waals surface area contributed by atoms with Crippen molar-refractivity contribution in [1.82, 2.24) is 14.8 Å². The van der Waals surface area contributed by atoms with Crippen molar-refractivity contribution < 1.29 is 37.1 Å². The maximum atomic E-state index is 14.5. The first-order valence-electron chi connectivity index (χ1n) is 15.0. The molecule has 44 heavy (non-hydrogen) atoms. The zero-order valence-electron chi connectivity index (χ0n) is 25.5. The number of nitrogens with one attached hydrogen (secondary N) is 1. The molecule has 4 rings (SSSR count). The highest BCUT2D eigenvalue weighted by Crippen LogP contribution is 2.48. The molecule has 1 saturated heterocycles. The van der Waals surface area contributed by atoms with Crippen LogP contribution in [0, 0.1) is 0 Å². The van der Waals surface area contributed by atoms with Crippen LogP contribution in [-0.2, 0) is 36.2 Å². The molecule has 0 spiro atoms. The second-order valence-corrected chi connectivity index (χ2v) is 12.8. The van der Waals surface area contributed by atoms with E-state index in [2.05, 4.69) is 17.4 Å². The normalized spacial score (nSPS) is 16.8. The van der Waals surface area contributed by atoms with Gasteiger partial charge in [0.1, 0.15) is 24.5 Å². The standard InChI is InChI=1S/C32H41FN3O7P/c1-4-42-44(40,43-5-2)22-41-26-14-15-29-27(18-26)28(23(3)37)20-35(29)21-31(38)36-19-25(33)17-30(36)32(39)34-16-10-9-13-24-11-7-6-8-12-24/h6-8,11-12,14-15,18,20,25,30H,4-5,9-10,13,16-17,19,21-22H2,1-3H3,(H,34,39)/t25-,30+/m1/s1. The molecule has 1 aliphatic heterocycles. The molecule has 0 unspecified atom stereocenters. The Morgan fingerprint density at radius 3 is 2.45 bits per heavy atom. The number of benzene rings is 2. The summed E-state index contributed by atoms with van der Waals surface area (Å²) in [6.07, 6.45) is 2.48. The fourth-order valence-electron chi connectivity index (χ4n) is 5.41. The van der Waals surface area contributed by atoms with Crippen LogP contribution < -0.4 is 10.1 Å². The summed E-state index contributed by atoms with van der Waals surface area (Å²) in [6, 6.07) is 14.2. The van der Waals surface area contributed by atoms with Crippen LogP contribution in [0.3, 0.4) is 0 Å². The zero-order valence-corrected chi connectivity index (χ0v) is 26.4. The number of aryl methyl sites for hydroxylation is 1. The molecule has 2 aromatic carbocycles. The van der Waals surface area contributed by atoms with Gasteiger partial charge in [0, 0.05) is 35.6 Å². The van der Waals surface area contributed by atoms with Gasteiger partial charge in [0.05, 0.1) is 19.8 Å². The number of unbranched alkanes of at least 4 members (excludes halogenated alkanes) is 1. The Morgan fingerprint density at radius 2 is 1.77 bits per heavy atom. The van der Waals surface area contributed by atoms with Gasteiger partial charge < -0.3 is 28.6 Å².